The molecular weight excluding hydrogens is 216 g/mol. The first-order chi connectivity index (χ1) is 7.04. The summed E-state index contributed by atoms with van der Waals surface area (Å²) in [5.74, 6) is 0. The van der Waals surface area contributed by atoms with Crippen LogP contribution in [0.2, 0.25) is 5.02 Å². The van der Waals surface area contributed by atoms with Crippen molar-refractivity contribution in [1.82, 2.24) is 0 Å². The van der Waals surface area contributed by atoms with E-state index >= 15 is 0 Å². The second-order valence-electron chi connectivity index (χ2n) is 3.16. The SMILES string of the molecule is C/C(=C/c1cc(Cl)ccc1[N+](=O)[O-])CN. The van der Waals surface area contributed by atoms with Crippen LogP contribution in [-0.2, 0) is 0 Å². The molecule has 0 bridgehead atoms. The molecule has 80 valence electrons. The molecule has 0 fully saturated rings. The maximum Gasteiger partial charge on any atom is 0.276 e. The minimum absolute atomic E-state index is 0.0344. The van der Waals surface area contributed by atoms with E-state index in [1.165, 1.54) is 12.1 Å². The van der Waals surface area contributed by atoms with Gasteiger partial charge in [-0.2, -0.15) is 0 Å². The number of hydrogen-bond acceptors (Lipinski definition) is 3. The number of halogens is 1. The third kappa shape index (κ3) is 3.04. The molecule has 0 amide bonds. The first-order valence-electron chi connectivity index (χ1n) is 4.35. The number of benzene rings is 1. The van der Waals surface area contributed by atoms with E-state index in [1.54, 1.807) is 12.1 Å². The summed E-state index contributed by atoms with van der Waals surface area (Å²) < 4.78 is 0. The van der Waals surface area contributed by atoms with Gasteiger partial charge >= 0.3 is 0 Å². The molecule has 0 saturated heterocycles. The van der Waals surface area contributed by atoms with E-state index < -0.39 is 4.92 Å². The Balaban J connectivity index is 3.25. The molecular formula is C10H11ClN2O2. The Morgan fingerprint density at radius 1 is 1.67 bits per heavy atom. The van der Waals surface area contributed by atoms with E-state index in [0.29, 0.717) is 17.1 Å². The Bertz CT molecular complexity index is 416. The predicted octanol–water partition coefficient (Wildman–Crippen LogP) is 2.61. The van der Waals surface area contributed by atoms with Crippen molar-refractivity contribution in [3.8, 4) is 0 Å². The number of hydrogen-bond donors (Lipinski definition) is 1. The molecule has 0 aliphatic heterocycles. The third-order valence-electron chi connectivity index (χ3n) is 1.91. The maximum absolute atomic E-state index is 10.7. The van der Waals surface area contributed by atoms with E-state index in [2.05, 4.69) is 0 Å². The molecule has 1 aromatic rings. The topological polar surface area (TPSA) is 69.2 Å². The average molecular weight is 227 g/mol. The van der Waals surface area contributed by atoms with E-state index in [1.807, 2.05) is 6.92 Å². The van der Waals surface area contributed by atoms with Crippen molar-refractivity contribution < 1.29 is 4.92 Å². The number of rotatable bonds is 3. The van der Waals surface area contributed by atoms with Gasteiger partial charge < -0.3 is 5.73 Å². The monoisotopic (exact) mass is 226 g/mol. The molecule has 1 rings (SSSR count). The van der Waals surface area contributed by atoms with Crippen molar-refractivity contribution in [2.24, 2.45) is 5.73 Å². The summed E-state index contributed by atoms with van der Waals surface area (Å²) in [5, 5.41) is 11.2. The van der Waals surface area contributed by atoms with Crippen molar-refractivity contribution in [2.75, 3.05) is 6.54 Å². The highest BCUT2D eigenvalue weighted by Gasteiger charge is 2.11. The Labute approximate surface area is 92.5 Å². The molecule has 1 aromatic carbocycles. The average Bonchev–Trinajstić information content (AvgIpc) is 2.17. The molecule has 0 aliphatic carbocycles. The van der Waals surface area contributed by atoms with Crippen LogP contribution < -0.4 is 5.73 Å². The molecule has 4 nitrogen and oxygen atoms in total. The van der Waals surface area contributed by atoms with Crippen LogP contribution in [0.5, 0.6) is 0 Å². The van der Waals surface area contributed by atoms with Gasteiger partial charge in [0.25, 0.3) is 5.69 Å². The van der Waals surface area contributed by atoms with Crippen molar-refractivity contribution in [1.29, 1.82) is 0 Å². The van der Waals surface area contributed by atoms with Crippen molar-refractivity contribution >= 4 is 23.4 Å². The smallest absolute Gasteiger partial charge is 0.276 e. The zero-order valence-corrected chi connectivity index (χ0v) is 8.99. The van der Waals surface area contributed by atoms with E-state index in [4.69, 9.17) is 17.3 Å². The van der Waals surface area contributed by atoms with Crippen molar-refractivity contribution in [2.45, 2.75) is 6.92 Å². The Kier molecular flexibility index (Phi) is 3.82. The molecule has 2 N–H and O–H groups in total. The molecule has 0 atom stereocenters. The second-order valence-corrected chi connectivity index (χ2v) is 3.59. The minimum atomic E-state index is -0.439. The van der Waals surface area contributed by atoms with Crippen LogP contribution in [0.1, 0.15) is 12.5 Å². The van der Waals surface area contributed by atoms with Crippen LogP contribution in [0.25, 0.3) is 6.08 Å². The first kappa shape index (κ1) is 11.7. The molecule has 5 heteroatoms. The van der Waals surface area contributed by atoms with Gasteiger partial charge in [0.15, 0.2) is 0 Å². The molecule has 0 aromatic heterocycles. The van der Waals surface area contributed by atoms with Gasteiger partial charge in [-0.25, -0.2) is 0 Å². The number of nitro groups is 1. The van der Waals surface area contributed by atoms with Gasteiger partial charge in [-0.3, -0.25) is 10.1 Å². The lowest BCUT2D eigenvalue weighted by Gasteiger charge is -2.00. The van der Waals surface area contributed by atoms with Gasteiger partial charge in [0.1, 0.15) is 0 Å². The number of nitrogens with two attached hydrogens (primary N) is 1. The minimum Gasteiger partial charge on any atom is -0.327 e. The van der Waals surface area contributed by atoms with E-state index in [9.17, 15) is 10.1 Å². The highest BCUT2D eigenvalue weighted by molar-refractivity contribution is 6.30. The second kappa shape index (κ2) is 4.91. The van der Waals surface area contributed by atoms with Gasteiger partial charge in [-0.1, -0.05) is 17.2 Å². The lowest BCUT2D eigenvalue weighted by molar-refractivity contribution is -0.385. The lowest BCUT2D eigenvalue weighted by Crippen LogP contribution is -2.00. The summed E-state index contributed by atoms with van der Waals surface area (Å²) in [6.45, 7) is 2.17. The Morgan fingerprint density at radius 3 is 2.87 bits per heavy atom. The van der Waals surface area contributed by atoms with Crippen LogP contribution in [-0.4, -0.2) is 11.5 Å². The van der Waals surface area contributed by atoms with Gasteiger partial charge in [-0.15, -0.1) is 0 Å². The predicted molar refractivity (Wildman–Crippen MR) is 60.8 cm³/mol. The quantitative estimate of drug-likeness (QED) is 0.636. The van der Waals surface area contributed by atoms with E-state index in [-0.39, 0.29) is 5.69 Å². The maximum atomic E-state index is 10.7. The fraction of sp³-hybridized carbons (Fsp3) is 0.200. The summed E-state index contributed by atoms with van der Waals surface area (Å²) >= 11 is 5.77. The zero-order valence-electron chi connectivity index (χ0n) is 8.24. The van der Waals surface area contributed by atoms with Gasteiger partial charge in [0.05, 0.1) is 10.5 Å². The molecule has 0 saturated carbocycles. The fourth-order valence-electron chi connectivity index (χ4n) is 1.13. The summed E-state index contributed by atoms with van der Waals surface area (Å²) in [4.78, 5) is 10.3. The summed E-state index contributed by atoms with van der Waals surface area (Å²) in [6.07, 6.45) is 1.67. The first-order valence-corrected chi connectivity index (χ1v) is 4.73. The highest BCUT2D eigenvalue weighted by Crippen LogP contribution is 2.24. The molecule has 15 heavy (non-hydrogen) atoms. The Morgan fingerprint density at radius 2 is 2.33 bits per heavy atom. The molecule has 0 spiro atoms. The van der Waals surface area contributed by atoms with Crippen molar-refractivity contribution in [3.63, 3.8) is 0 Å². The summed E-state index contributed by atoms with van der Waals surface area (Å²) in [5.41, 5.74) is 6.79. The van der Waals surface area contributed by atoms with Gasteiger partial charge in [0.2, 0.25) is 0 Å². The fourth-order valence-corrected chi connectivity index (χ4v) is 1.31. The highest BCUT2D eigenvalue weighted by atomic mass is 35.5. The van der Waals surface area contributed by atoms with Crippen LogP contribution in [0.3, 0.4) is 0 Å². The lowest BCUT2D eigenvalue weighted by atomic mass is 10.1. The van der Waals surface area contributed by atoms with Crippen LogP contribution >= 0.6 is 11.6 Å². The van der Waals surface area contributed by atoms with Crippen LogP contribution in [0.4, 0.5) is 5.69 Å². The Hall–Kier alpha value is -1.39. The molecule has 0 radical (unpaired) electrons. The van der Waals surface area contributed by atoms with Crippen LogP contribution in [0.15, 0.2) is 23.8 Å². The summed E-state index contributed by atoms with van der Waals surface area (Å²) in [6, 6.07) is 4.44. The third-order valence-corrected chi connectivity index (χ3v) is 2.15. The van der Waals surface area contributed by atoms with Crippen molar-refractivity contribution in [3.05, 3.63) is 44.5 Å². The summed E-state index contributed by atoms with van der Waals surface area (Å²) in [7, 11) is 0. The molecule has 0 aliphatic rings. The molecule has 0 heterocycles. The van der Waals surface area contributed by atoms with Gasteiger partial charge in [0, 0.05) is 17.6 Å². The van der Waals surface area contributed by atoms with E-state index in [0.717, 1.165) is 5.57 Å². The van der Waals surface area contributed by atoms with Crippen LogP contribution in [0, 0.1) is 10.1 Å². The molecule has 0 unspecified atom stereocenters. The zero-order chi connectivity index (χ0) is 11.4. The normalized spacial score (nSPS) is 11.5. The number of nitro benzene ring substituents is 1. The van der Waals surface area contributed by atoms with Gasteiger partial charge in [-0.05, 0) is 25.1 Å². The largest absolute Gasteiger partial charge is 0.327 e. The standard InChI is InChI=1S/C10H11ClN2O2/c1-7(6-12)4-8-5-9(11)2-3-10(8)13(14)15/h2-5H,6,12H2,1H3/b7-4-. The number of nitrogens with zero attached hydrogens (tertiary/aromatic N) is 1.